The minimum atomic E-state index is -0.809. The smallest absolute Gasteiger partial charge is 0.337 e. The van der Waals surface area contributed by atoms with Crippen molar-refractivity contribution in [3.63, 3.8) is 0 Å². The number of hydrogen-bond donors (Lipinski definition) is 1. The van der Waals surface area contributed by atoms with Gasteiger partial charge in [-0.15, -0.1) is 0 Å². The molecule has 4 rings (SSSR count). The summed E-state index contributed by atoms with van der Waals surface area (Å²) in [5.74, 6) is -1.61. The molecule has 188 valence electrons. The number of ether oxygens (including phenoxy) is 3. The van der Waals surface area contributed by atoms with E-state index in [-0.39, 0.29) is 17.8 Å². The number of carbonyl (C=O) groups excluding carboxylic acids is 3. The van der Waals surface area contributed by atoms with Crippen molar-refractivity contribution in [3.8, 4) is 5.75 Å². The van der Waals surface area contributed by atoms with E-state index >= 15 is 0 Å². The lowest BCUT2D eigenvalue weighted by molar-refractivity contribution is -0.149. The maximum absolute atomic E-state index is 13.5. The molecule has 0 saturated carbocycles. The van der Waals surface area contributed by atoms with Crippen LogP contribution in [0.4, 0.5) is 0 Å². The van der Waals surface area contributed by atoms with Crippen molar-refractivity contribution in [1.29, 1.82) is 0 Å². The van der Waals surface area contributed by atoms with E-state index in [2.05, 4.69) is 25.7 Å². The predicted octanol–water partition coefficient (Wildman–Crippen LogP) is 4.69. The number of methoxy groups -OCH3 is 2. The zero-order valence-electron chi connectivity index (χ0n) is 21.1. The summed E-state index contributed by atoms with van der Waals surface area (Å²) in [6.07, 6.45) is 1.04. The number of benzene rings is 2. The number of hydrogen-bond acceptors (Lipinski definition) is 7. The second-order valence-corrected chi connectivity index (χ2v) is 10.0. The highest BCUT2D eigenvalue weighted by Gasteiger charge is 2.46. The molecule has 1 aliphatic carbocycles. The zero-order valence-corrected chi connectivity index (χ0v) is 21.1. The molecule has 0 saturated heterocycles. The Hall–Kier alpha value is -3.87. The highest BCUT2D eigenvalue weighted by molar-refractivity contribution is 6.01. The average Bonchev–Trinajstić information content (AvgIpc) is 2.85. The number of allylic oxidation sites excluding steroid dienone is 2. The Morgan fingerprint density at radius 3 is 2.31 bits per heavy atom. The van der Waals surface area contributed by atoms with E-state index in [0.29, 0.717) is 35.4 Å². The fourth-order valence-electron chi connectivity index (χ4n) is 4.99. The average molecular weight is 490 g/mol. The topological polar surface area (TPSA) is 90.9 Å². The molecule has 7 nitrogen and oxygen atoms in total. The Morgan fingerprint density at radius 2 is 1.69 bits per heavy atom. The molecule has 1 N–H and O–H groups in total. The molecule has 36 heavy (non-hydrogen) atoms. The second kappa shape index (κ2) is 10.0. The summed E-state index contributed by atoms with van der Waals surface area (Å²) in [5.41, 5.74) is 3.59. The van der Waals surface area contributed by atoms with Crippen LogP contribution in [0.25, 0.3) is 0 Å². The van der Waals surface area contributed by atoms with Crippen LogP contribution >= 0.6 is 0 Å². The Labute approximate surface area is 211 Å². The summed E-state index contributed by atoms with van der Waals surface area (Å²) in [6.45, 7) is 8.32. The fraction of sp³-hybridized carbons (Fsp3) is 0.345. The standard InChI is InChI=1S/C29H31NO6/c1-17-24(28(33)36-16-18-6-12-21(34-4)13-7-18)25(19-8-10-20(11-9-19)27(32)35-5)26-22(30-17)14-29(2,3)15-23(26)31/h6-13,24-25,30H,1,14-16H2,2-5H3. The van der Waals surface area contributed by atoms with Crippen molar-refractivity contribution in [2.45, 2.75) is 39.2 Å². The molecular weight excluding hydrogens is 458 g/mol. The van der Waals surface area contributed by atoms with Crippen LogP contribution in [-0.2, 0) is 25.7 Å². The van der Waals surface area contributed by atoms with Gasteiger partial charge in [0.1, 0.15) is 18.3 Å². The monoisotopic (exact) mass is 489 g/mol. The van der Waals surface area contributed by atoms with Crippen LogP contribution in [-0.4, -0.2) is 31.9 Å². The molecule has 0 fully saturated rings. The molecule has 0 amide bonds. The summed E-state index contributed by atoms with van der Waals surface area (Å²) < 4.78 is 15.7. The quantitative estimate of drug-likeness (QED) is 0.589. The van der Waals surface area contributed by atoms with E-state index in [9.17, 15) is 14.4 Å². The molecule has 2 aromatic carbocycles. The van der Waals surface area contributed by atoms with Crippen LogP contribution in [0.1, 0.15) is 54.1 Å². The molecule has 1 heterocycles. The Kier molecular flexibility index (Phi) is 7.02. The third-order valence-electron chi connectivity index (χ3n) is 6.74. The molecule has 2 unspecified atom stereocenters. The van der Waals surface area contributed by atoms with Crippen LogP contribution in [0.5, 0.6) is 5.75 Å². The lowest BCUT2D eigenvalue weighted by atomic mass is 9.66. The number of nitrogens with one attached hydrogen (secondary N) is 1. The number of carbonyl (C=O) groups is 3. The van der Waals surface area contributed by atoms with Gasteiger partial charge in [0.05, 0.1) is 19.8 Å². The molecular formula is C29H31NO6. The second-order valence-electron chi connectivity index (χ2n) is 10.0. The summed E-state index contributed by atoms with van der Waals surface area (Å²) in [4.78, 5) is 38.8. The van der Waals surface area contributed by atoms with E-state index in [1.54, 1.807) is 43.5 Å². The largest absolute Gasteiger partial charge is 0.497 e. The first-order valence-corrected chi connectivity index (χ1v) is 11.8. The van der Waals surface area contributed by atoms with Crippen molar-refractivity contribution in [1.82, 2.24) is 5.32 Å². The first-order valence-electron chi connectivity index (χ1n) is 11.8. The predicted molar refractivity (Wildman–Crippen MR) is 134 cm³/mol. The normalized spacial score (nSPS) is 20.8. The lowest BCUT2D eigenvalue weighted by Gasteiger charge is -2.42. The first kappa shape index (κ1) is 25.2. The minimum Gasteiger partial charge on any atom is -0.497 e. The van der Waals surface area contributed by atoms with Gasteiger partial charge in [0.25, 0.3) is 0 Å². The molecule has 0 spiro atoms. The van der Waals surface area contributed by atoms with Gasteiger partial charge >= 0.3 is 11.9 Å². The van der Waals surface area contributed by atoms with E-state index in [0.717, 1.165) is 16.8 Å². The van der Waals surface area contributed by atoms with Crippen LogP contribution in [0.2, 0.25) is 0 Å². The summed E-state index contributed by atoms with van der Waals surface area (Å²) >= 11 is 0. The SMILES string of the molecule is C=C1NC2=C(C(=O)CC(C)(C)C2)C(c2ccc(C(=O)OC)cc2)C1C(=O)OCc1ccc(OC)cc1. The summed E-state index contributed by atoms with van der Waals surface area (Å²) in [7, 11) is 2.91. The third kappa shape index (κ3) is 5.05. The van der Waals surface area contributed by atoms with Crippen LogP contribution in [0.3, 0.4) is 0 Å². The maximum atomic E-state index is 13.5. The minimum absolute atomic E-state index is 0.00347. The van der Waals surface area contributed by atoms with Crippen LogP contribution < -0.4 is 10.1 Å². The van der Waals surface area contributed by atoms with Gasteiger partial charge < -0.3 is 19.5 Å². The van der Waals surface area contributed by atoms with Gasteiger partial charge in [-0.3, -0.25) is 9.59 Å². The number of ketones is 1. The summed E-state index contributed by atoms with van der Waals surface area (Å²) in [6, 6.07) is 14.1. The van der Waals surface area contributed by atoms with Crippen molar-refractivity contribution in [2.24, 2.45) is 11.3 Å². The van der Waals surface area contributed by atoms with Gasteiger partial charge in [0.2, 0.25) is 0 Å². The van der Waals surface area contributed by atoms with Crippen molar-refractivity contribution in [2.75, 3.05) is 14.2 Å². The van der Waals surface area contributed by atoms with Gasteiger partial charge in [0.15, 0.2) is 5.78 Å². The molecule has 7 heteroatoms. The molecule has 0 radical (unpaired) electrons. The van der Waals surface area contributed by atoms with Gasteiger partial charge in [-0.1, -0.05) is 44.7 Å². The van der Waals surface area contributed by atoms with Gasteiger partial charge in [-0.2, -0.15) is 0 Å². The van der Waals surface area contributed by atoms with Crippen LogP contribution in [0, 0.1) is 11.3 Å². The molecule has 0 aromatic heterocycles. The van der Waals surface area contributed by atoms with Gasteiger partial charge in [-0.05, 0) is 47.2 Å². The zero-order chi connectivity index (χ0) is 26.0. The van der Waals surface area contributed by atoms with E-state index in [1.807, 2.05) is 12.1 Å². The molecule has 0 bridgehead atoms. The Morgan fingerprint density at radius 1 is 1.03 bits per heavy atom. The number of rotatable bonds is 6. The Bertz CT molecular complexity index is 1220. The maximum Gasteiger partial charge on any atom is 0.337 e. The van der Waals surface area contributed by atoms with E-state index in [4.69, 9.17) is 14.2 Å². The molecule has 1 aliphatic heterocycles. The van der Waals surface area contributed by atoms with E-state index in [1.165, 1.54) is 7.11 Å². The number of Topliss-reactive ketones (excluding diaryl/α,β-unsaturated/α-hetero) is 1. The third-order valence-corrected chi connectivity index (χ3v) is 6.74. The highest BCUT2D eigenvalue weighted by atomic mass is 16.5. The Balaban J connectivity index is 1.69. The first-order chi connectivity index (χ1) is 17.1. The molecule has 2 aromatic rings. The van der Waals surface area contributed by atoms with Gasteiger partial charge in [0, 0.05) is 29.3 Å². The van der Waals surface area contributed by atoms with Crippen molar-refractivity contribution in [3.05, 3.63) is 88.8 Å². The highest BCUT2D eigenvalue weighted by Crippen LogP contribution is 2.48. The molecule has 2 atom stereocenters. The fourth-order valence-corrected chi connectivity index (χ4v) is 4.99. The lowest BCUT2D eigenvalue weighted by Crippen LogP contribution is -2.43. The number of esters is 2. The van der Waals surface area contributed by atoms with Crippen molar-refractivity contribution < 1.29 is 28.6 Å². The molecule has 2 aliphatic rings. The van der Waals surface area contributed by atoms with Crippen LogP contribution in [0.15, 0.2) is 72.1 Å². The van der Waals surface area contributed by atoms with Crippen molar-refractivity contribution >= 4 is 17.7 Å². The summed E-state index contributed by atoms with van der Waals surface area (Å²) in [5, 5.41) is 3.26. The van der Waals surface area contributed by atoms with Gasteiger partial charge in [-0.25, -0.2) is 4.79 Å². The van der Waals surface area contributed by atoms with E-state index < -0.39 is 23.8 Å².